The molecule has 44 heavy (non-hydrogen) atoms. The Bertz CT molecular complexity index is 1510. The molecule has 10 heteroatoms. The van der Waals surface area contributed by atoms with Crippen LogP contribution in [0.15, 0.2) is 84.9 Å². The van der Waals surface area contributed by atoms with E-state index in [0.717, 1.165) is 16.8 Å². The van der Waals surface area contributed by atoms with Gasteiger partial charge in [0.05, 0.1) is 19.3 Å². The first kappa shape index (κ1) is 29.4. The summed E-state index contributed by atoms with van der Waals surface area (Å²) in [7, 11) is 0. The zero-order valence-corrected chi connectivity index (χ0v) is 24.7. The minimum atomic E-state index is -0.847. The molecule has 0 unspecified atom stereocenters. The Balaban J connectivity index is 1.06. The van der Waals surface area contributed by atoms with Crippen molar-refractivity contribution in [1.29, 1.82) is 0 Å². The van der Waals surface area contributed by atoms with Crippen LogP contribution in [0.5, 0.6) is 0 Å². The maximum atomic E-state index is 14.0. The van der Waals surface area contributed by atoms with Crippen LogP contribution in [0.2, 0.25) is 0 Å². The molecule has 0 bridgehead atoms. The summed E-state index contributed by atoms with van der Waals surface area (Å²) in [6, 6.07) is 27.1. The van der Waals surface area contributed by atoms with Crippen LogP contribution in [0.4, 0.5) is 5.69 Å². The van der Waals surface area contributed by atoms with Gasteiger partial charge in [0, 0.05) is 31.9 Å². The van der Waals surface area contributed by atoms with Gasteiger partial charge in [-0.3, -0.25) is 19.2 Å². The van der Waals surface area contributed by atoms with Crippen molar-refractivity contribution in [2.75, 3.05) is 37.7 Å². The van der Waals surface area contributed by atoms with Crippen molar-refractivity contribution in [2.24, 2.45) is 0 Å². The van der Waals surface area contributed by atoms with E-state index in [1.165, 1.54) is 5.56 Å². The molecule has 6 rings (SSSR count). The van der Waals surface area contributed by atoms with Crippen LogP contribution < -0.4 is 20.9 Å². The number of likely N-dealkylation sites (tertiary alicyclic amines) is 1. The molecule has 1 spiro atoms. The number of nitrogens with zero attached hydrogens (tertiary/aromatic N) is 3. The monoisotopic (exact) mass is 594 g/mol. The second kappa shape index (κ2) is 12.9. The Morgan fingerprint density at radius 1 is 0.841 bits per heavy atom. The van der Waals surface area contributed by atoms with Crippen LogP contribution in [0.25, 0.3) is 0 Å². The Kier molecular flexibility index (Phi) is 8.60. The molecule has 2 fully saturated rings. The fourth-order valence-corrected chi connectivity index (χ4v) is 6.51. The van der Waals surface area contributed by atoms with Crippen molar-refractivity contribution >= 4 is 29.3 Å². The summed E-state index contributed by atoms with van der Waals surface area (Å²) in [5, 5.41) is 8.99. The fraction of sp³-hybridized carbons (Fsp3) is 0.353. The van der Waals surface area contributed by atoms with Crippen molar-refractivity contribution in [2.45, 2.75) is 43.9 Å². The number of hydrogen-bond acceptors (Lipinski definition) is 6. The van der Waals surface area contributed by atoms with Gasteiger partial charge in [0.15, 0.2) is 0 Å². The van der Waals surface area contributed by atoms with Gasteiger partial charge in [-0.05, 0) is 48.1 Å². The largest absolute Gasteiger partial charge is 0.350 e. The molecule has 0 radical (unpaired) electrons. The lowest BCUT2D eigenvalue weighted by Crippen LogP contribution is -2.58. The molecule has 0 aliphatic carbocycles. The number of para-hydroxylation sites is 1. The van der Waals surface area contributed by atoms with Gasteiger partial charge in [-0.1, -0.05) is 72.8 Å². The number of piperidine rings is 1. The molecule has 3 aliphatic rings. The predicted molar refractivity (Wildman–Crippen MR) is 166 cm³/mol. The average molecular weight is 595 g/mol. The highest BCUT2D eigenvalue weighted by Crippen LogP contribution is 2.39. The van der Waals surface area contributed by atoms with Crippen LogP contribution in [-0.2, 0) is 38.7 Å². The lowest BCUT2D eigenvalue weighted by Gasteiger charge is -2.43. The second-order valence-electron chi connectivity index (χ2n) is 11.7. The van der Waals surface area contributed by atoms with Crippen molar-refractivity contribution < 1.29 is 19.2 Å². The molecule has 4 amide bonds. The van der Waals surface area contributed by atoms with Gasteiger partial charge in [-0.25, -0.2) is 0 Å². The second-order valence-corrected chi connectivity index (χ2v) is 11.7. The zero-order valence-electron chi connectivity index (χ0n) is 24.7. The first-order valence-corrected chi connectivity index (χ1v) is 15.2. The van der Waals surface area contributed by atoms with Crippen LogP contribution in [0.3, 0.4) is 0 Å². The van der Waals surface area contributed by atoms with E-state index < -0.39 is 5.54 Å². The van der Waals surface area contributed by atoms with Gasteiger partial charge < -0.3 is 30.7 Å². The van der Waals surface area contributed by atoms with Gasteiger partial charge in [0.2, 0.25) is 17.7 Å². The first-order valence-electron chi connectivity index (χ1n) is 15.2. The van der Waals surface area contributed by atoms with Gasteiger partial charge in [0.1, 0.15) is 12.1 Å². The quantitative estimate of drug-likeness (QED) is 0.367. The van der Waals surface area contributed by atoms with Crippen molar-refractivity contribution in [3.63, 3.8) is 0 Å². The maximum Gasteiger partial charge on any atom is 0.250 e. The number of nitrogens with one attached hydrogen (secondary N) is 3. The summed E-state index contributed by atoms with van der Waals surface area (Å²) in [6.07, 6.45) is 1.45. The third-order valence-corrected chi connectivity index (χ3v) is 9.00. The van der Waals surface area contributed by atoms with Crippen LogP contribution in [0, 0.1) is 0 Å². The maximum absolute atomic E-state index is 14.0. The van der Waals surface area contributed by atoms with Gasteiger partial charge in [-0.15, -0.1) is 0 Å². The van der Waals surface area contributed by atoms with Crippen molar-refractivity contribution in [1.82, 2.24) is 25.8 Å². The lowest BCUT2D eigenvalue weighted by molar-refractivity contribution is -0.140. The van der Waals surface area contributed by atoms with Crippen LogP contribution >= 0.6 is 0 Å². The first-order chi connectivity index (χ1) is 21.4. The Labute approximate surface area is 257 Å². The summed E-state index contributed by atoms with van der Waals surface area (Å²) >= 11 is 0. The topological polar surface area (TPSA) is 114 Å². The van der Waals surface area contributed by atoms with Crippen LogP contribution in [0.1, 0.15) is 29.5 Å². The van der Waals surface area contributed by atoms with E-state index >= 15 is 0 Å². The minimum absolute atomic E-state index is 0.0366. The van der Waals surface area contributed by atoms with E-state index in [-0.39, 0.29) is 42.8 Å². The molecule has 3 aromatic rings. The summed E-state index contributed by atoms with van der Waals surface area (Å²) < 4.78 is 0. The molecule has 0 aromatic heterocycles. The zero-order chi connectivity index (χ0) is 30.5. The van der Waals surface area contributed by atoms with E-state index in [0.29, 0.717) is 52.1 Å². The number of carbonyl (C=O) groups excluding carboxylic acids is 4. The summed E-state index contributed by atoms with van der Waals surface area (Å²) in [4.78, 5) is 58.2. The van der Waals surface area contributed by atoms with Crippen molar-refractivity contribution in [3.8, 4) is 0 Å². The molecule has 3 heterocycles. The molecule has 10 nitrogen and oxygen atoms in total. The summed E-state index contributed by atoms with van der Waals surface area (Å²) in [5.74, 6) is -0.672. The third-order valence-electron chi connectivity index (χ3n) is 9.00. The van der Waals surface area contributed by atoms with E-state index in [2.05, 4.69) is 26.9 Å². The van der Waals surface area contributed by atoms with Crippen LogP contribution in [-0.4, -0.2) is 77.9 Å². The minimum Gasteiger partial charge on any atom is -0.350 e. The molecular weight excluding hydrogens is 556 g/mol. The van der Waals surface area contributed by atoms with E-state index in [1.54, 1.807) is 9.80 Å². The molecule has 3 N–H and O–H groups in total. The smallest absolute Gasteiger partial charge is 0.250 e. The Hall–Kier alpha value is -4.70. The molecule has 3 aromatic carbocycles. The van der Waals surface area contributed by atoms with E-state index in [9.17, 15) is 19.2 Å². The lowest BCUT2D eigenvalue weighted by atomic mass is 9.85. The highest BCUT2D eigenvalue weighted by molar-refractivity contribution is 5.96. The molecule has 2 saturated heterocycles. The average Bonchev–Trinajstić information content (AvgIpc) is 3.33. The molecular formula is C34H38N6O4. The summed E-state index contributed by atoms with van der Waals surface area (Å²) in [5.41, 5.74) is 3.38. The van der Waals surface area contributed by atoms with Crippen molar-refractivity contribution in [3.05, 3.63) is 102 Å². The predicted octanol–water partition coefficient (Wildman–Crippen LogP) is 1.80. The summed E-state index contributed by atoms with van der Waals surface area (Å²) in [6.45, 7) is 1.95. The fourth-order valence-electron chi connectivity index (χ4n) is 6.51. The third kappa shape index (κ3) is 6.16. The van der Waals surface area contributed by atoms with Gasteiger partial charge >= 0.3 is 0 Å². The number of carbonyl (C=O) groups is 4. The number of anilines is 1. The number of benzene rings is 3. The van der Waals surface area contributed by atoms with Gasteiger partial charge in [0.25, 0.3) is 5.91 Å². The number of rotatable bonds is 8. The van der Waals surface area contributed by atoms with E-state index in [4.69, 9.17) is 0 Å². The normalized spacial score (nSPS) is 19.0. The molecule has 0 saturated carbocycles. The molecule has 228 valence electrons. The Morgan fingerprint density at radius 3 is 2.23 bits per heavy atom. The molecule has 1 atom stereocenters. The number of fused-ring (bicyclic) bond motifs is 1. The highest BCUT2D eigenvalue weighted by Gasteiger charge is 2.54. The van der Waals surface area contributed by atoms with E-state index in [1.807, 2.05) is 78.9 Å². The standard InChI is InChI=1S/C34H38N6O4/c41-30(36-20-25-9-3-1-4-10-25)23-39-24-40(28-13-5-2-6-14-28)34(33(39)44)15-17-38(18-16-34)31(42)22-37-32(43)29-19-26-11-7-8-12-27(26)21-35-29/h1-14,29,35H,15-24H2,(H,36,41)(H,37,43)/t29-/m1/s1. The molecule has 3 aliphatic heterocycles. The number of hydrogen-bond donors (Lipinski definition) is 3. The number of amides is 4. The van der Waals surface area contributed by atoms with Gasteiger partial charge in [-0.2, -0.15) is 0 Å². The highest BCUT2D eigenvalue weighted by atomic mass is 16.2. The SMILES string of the molecule is O=C(CN1CN(c2ccccc2)C2(CCN(C(=O)CNC(=O)[C@H]3Cc4ccccc4CN3)CC2)C1=O)NCc1ccccc1. The Morgan fingerprint density at radius 2 is 1.50 bits per heavy atom.